The van der Waals surface area contributed by atoms with E-state index in [4.69, 9.17) is 5.11 Å². The molecule has 0 bridgehead atoms. The summed E-state index contributed by atoms with van der Waals surface area (Å²) < 4.78 is 0. The van der Waals surface area contributed by atoms with E-state index in [9.17, 15) is 14.7 Å². The van der Waals surface area contributed by atoms with Gasteiger partial charge < -0.3 is 15.5 Å². The maximum Gasteiger partial charge on any atom is 0.409 e. The smallest absolute Gasteiger partial charge is 0.409 e. The Morgan fingerprint density at radius 2 is 1.95 bits per heavy atom. The Hall–Kier alpha value is -2.22. The third kappa shape index (κ3) is 3.38. The molecule has 0 spiro atoms. The van der Waals surface area contributed by atoms with Crippen molar-refractivity contribution in [3.8, 4) is 0 Å². The van der Waals surface area contributed by atoms with E-state index in [-0.39, 0.29) is 18.1 Å². The molecular formula is C11H14N4O4. The van der Waals surface area contributed by atoms with Gasteiger partial charge in [0.15, 0.2) is 0 Å². The van der Waals surface area contributed by atoms with Crippen molar-refractivity contribution in [3.05, 3.63) is 18.2 Å². The van der Waals surface area contributed by atoms with Gasteiger partial charge in [0, 0.05) is 6.54 Å². The van der Waals surface area contributed by atoms with Gasteiger partial charge in [0.2, 0.25) is 5.82 Å². The highest BCUT2D eigenvalue weighted by Gasteiger charge is 2.34. The van der Waals surface area contributed by atoms with Crippen molar-refractivity contribution in [3.63, 3.8) is 0 Å². The molecule has 2 rings (SSSR count). The van der Waals surface area contributed by atoms with Crippen LogP contribution in [0.1, 0.15) is 29.9 Å². The quantitative estimate of drug-likeness (QED) is 0.617. The Morgan fingerprint density at radius 3 is 2.42 bits per heavy atom. The molecule has 0 saturated heterocycles. The van der Waals surface area contributed by atoms with Crippen molar-refractivity contribution in [2.75, 3.05) is 11.9 Å². The Labute approximate surface area is 108 Å². The molecular weight excluding hydrogens is 252 g/mol. The Bertz CT molecular complexity index is 484. The number of nitrogens with one attached hydrogen (secondary N) is 2. The molecule has 1 aromatic rings. The van der Waals surface area contributed by atoms with E-state index in [1.165, 1.54) is 12.4 Å². The van der Waals surface area contributed by atoms with Crippen LogP contribution >= 0.6 is 0 Å². The summed E-state index contributed by atoms with van der Waals surface area (Å²) in [5, 5.41) is 22.9. The lowest BCUT2D eigenvalue weighted by Crippen LogP contribution is -2.48. The molecule has 1 heterocycles. The van der Waals surface area contributed by atoms with Crippen LogP contribution in [-0.2, 0) is 0 Å². The van der Waals surface area contributed by atoms with Crippen LogP contribution in [0.25, 0.3) is 0 Å². The molecule has 2 amide bonds. The second-order valence-electron chi connectivity index (χ2n) is 4.49. The summed E-state index contributed by atoms with van der Waals surface area (Å²) in [6.07, 6.45) is 3.49. The number of carboxylic acid groups (broad SMARTS) is 1. The van der Waals surface area contributed by atoms with E-state index < -0.39 is 17.6 Å². The Kier molecular flexibility index (Phi) is 3.61. The maximum atomic E-state index is 11.7. The van der Waals surface area contributed by atoms with Crippen molar-refractivity contribution in [2.24, 2.45) is 0 Å². The number of anilines is 1. The second-order valence-corrected chi connectivity index (χ2v) is 4.49. The third-order valence-electron chi connectivity index (χ3n) is 2.97. The number of aliphatic hydroxyl groups is 1. The SMILES string of the molecule is O=C(O)Nc1cnc(C(=O)NCC2(O)CCC2)nc1. The van der Waals surface area contributed by atoms with Crippen LogP contribution in [0, 0.1) is 0 Å². The molecule has 1 fully saturated rings. The molecule has 0 unspecified atom stereocenters. The fourth-order valence-electron chi connectivity index (χ4n) is 1.72. The molecule has 1 saturated carbocycles. The zero-order chi connectivity index (χ0) is 13.9. The first kappa shape index (κ1) is 13.2. The number of carbonyl (C=O) groups is 2. The Morgan fingerprint density at radius 1 is 1.32 bits per heavy atom. The van der Waals surface area contributed by atoms with E-state index >= 15 is 0 Å². The van der Waals surface area contributed by atoms with Gasteiger partial charge in [-0.1, -0.05) is 0 Å². The molecule has 0 aliphatic heterocycles. The van der Waals surface area contributed by atoms with Gasteiger partial charge in [0.25, 0.3) is 5.91 Å². The highest BCUT2D eigenvalue weighted by Crippen LogP contribution is 2.30. The summed E-state index contributed by atoms with van der Waals surface area (Å²) in [7, 11) is 0. The molecule has 0 radical (unpaired) electrons. The fourth-order valence-corrected chi connectivity index (χ4v) is 1.72. The summed E-state index contributed by atoms with van der Waals surface area (Å²) >= 11 is 0. The highest BCUT2D eigenvalue weighted by atomic mass is 16.4. The van der Waals surface area contributed by atoms with Gasteiger partial charge >= 0.3 is 6.09 Å². The zero-order valence-corrected chi connectivity index (χ0v) is 10.1. The van der Waals surface area contributed by atoms with Gasteiger partial charge in [-0.15, -0.1) is 0 Å². The summed E-state index contributed by atoms with van der Waals surface area (Å²) in [6, 6.07) is 0. The molecule has 1 aliphatic rings. The maximum absolute atomic E-state index is 11.7. The topological polar surface area (TPSA) is 124 Å². The standard InChI is InChI=1S/C11H14N4O4/c16-9(14-6-11(19)2-1-3-11)8-12-4-7(5-13-8)15-10(17)18/h4-5,15,19H,1-3,6H2,(H,14,16)(H,17,18). The summed E-state index contributed by atoms with van der Waals surface area (Å²) in [4.78, 5) is 29.5. The molecule has 19 heavy (non-hydrogen) atoms. The lowest BCUT2D eigenvalue weighted by Gasteiger charge is -2.36. The van der Waals surface area contributed by atoms with Crippen molar-refractivity contribution in [1.29, 1.82) is 0 Å². The molecule has 0 atom stereocenters. The van der Waals surface area contributed by atoms with Crippen LogP contribution in [0.2, 0.25) is 0 Å². The van der Waals surface area contributed by atoms with Crippen LogP contribution in [0.15, 0.2) is 12.4 Å². The zero-order valence-electron chi connectivity index (χ0n) is 10.1. The summed E-state index contributed by atoms with van der Waals surface area (Å²) in [6.45, 7) is 0.171. The van der Waals surface area contributed by atoms with Gasteiger partial charge in [0.1, 0.15) is 0 Å². The minimum atomic E-state index is -1.23. The molecule has 102 valence electrons. The number of amides is 2. The number of aromatic nitrogens is 2. The monoisotopic (exact) mass is 266 g/mol. The van der Waals surface area contributed by atoms with Gasteiger partial charge in [-0.2, -0.15) is 0 Å². The average molecular weight is 266 g/mol. The first-order valence-electron chi connectivity index (χ1n) is 5.81. The lowest BCUT2D eigenvalue weighted by molar-refractivity contribution is -0.0301. The van der Waals surface area contributed by atoms with Crippen LogP contribution in [0.4, 0.5) is 10.5 Å². The van der Waals surface area contributed by atoms with Gasteiger partial charge in [0.05, 0.1) is 23.7 Å². The van der Waals surface area contributed by atoms with E-state index in [0.717, 1.165) is 6.42 Å². The van der Waals surface area contributed by atoms with Crippen molar-refractivity contribution in [1.82, 2.24) is 15.3 Å². The van der Waals surface area contributed by atoms with Gasteiger partial charge in [-0.3, -0.25) is 10.1 Å². The third-order valence-corrected chi connectivity index (χ3v) is 2.97. The largest absolute Gasteiger partial charge is 0.465 e. The van der Waals surface area contributed by atoms with Crippen LogP contribution in [0.3, 0.4) is 0 Å². The molecule has 0 aromatic carbocycles. The first-order valence-corrected chi connectivity index (χ1v) is 5.81. The Balaban J connectivity index is 1.90. The van der Waals surface area contributed by atoms with Crippen molar-refractivity contribution < 1.29 is 19.8 Å². The lowest BCUT2D eigenvalue weighted by atomic mass is 9.80. The van der Waals surface area contributed by atoms with E-state index in [1.807, 2.05) is 0 Å². The number of hydrogen-bond acceptors (Lipinski definition) is 5. The van der Waals surface area contributed by atoms with Crippen molar-refractivity contribution in [2.45, 2.75) is 24.9 Å². The average Bonchev–Trinajstić information content (AvgIpc) is 2.34. The fraction of sp³-hybridized carbons (Fsp3) is 0.455. The normalized spacial score (nSPS) is 16.3. The second kappa shape index (κ2) is 5.19. The predicted octanol–water partition coefficient (Wildman–Crippen LogP) is 0.211. The van der Waals surface area contributed by atoms with Crippen molar-refractivity contribution >= 4 is 17.7 Å². The number of carbonyl (C=O) groups excluding carboxylic acids is 1. The van der Waals surface area contributed by atoms with Crippen LogP contribution < -0.4 is 10.6 Å². The molecule has 4 N–H and O–H groups in total. The predicted molar refractivity (Wildman–Crippen MR) is 64.8 cm³/mol. The molecule has 1 aliphatic carbocycles. The van der Waals surface area contributed by atoms with Crippen LogP contribution in [0.5, 0.6) is 0 Å². The number of hydrogen-bond donors (Lipinski definition) is 4. The van der Waals surface area contributed by atoms with E-state index in [1.54, 1.807) is 0 Å². The summed E-state index contributed by atoms with van der Waals surface area (Å²) in [5.41, 5.74) is -0.623. The number of nitrogens with zero attached hydrogens (tertiary/aromatic N) is 2. The highest BCUT2D eigenvalue weighted by molar-refractivity contribution is 5.90. The van der Waals surface area contributed by atoms with Gasteiger partial charge in [-0.05, 0) is 19.3 Å². The van der Waals surface area contributed by atoms with Gasteiger partial charge in [-0.25, -0.2) is 14.8 Å². The summed E-state index contributed by atoms with van der Waals surface area (Å²) in [5.74, 6) is -0.568. The minimum Gasteiger partial charge on any atom is -0.465 e. The molecule has 1 aromatic heterocycles. The first-order chi connectivity index (χ1) is 8.98. The molecule has 8 nitrogen and oxygen atoms in total. The molecule has 8 heteroatoms. The van der Waals surface area contributed by atoms with Crippen LogP contribution in [-0.4, -0.2) is 44.3 Å². The number of rotatable bonds is 4. The van der Waals surface area contributed by atoms with E-state index in [2.05, 4.69) is 20.6 Å². The van der Waals surface area contributed by atoms with E-state index in [0.29, 0.717) is 12.8 Å². The minimum absolute atomic E-state index is 0.0705.